The summed E-state index contributed by atoms with van der Waals surface area (Å²) in [5.41, 5.74) is 3.39. The van der Waals surface area contributed by atoms with Crippen LogP contribution in [0.5, 0.6) is 0 Å². The van der Waals surface area contributed by atoms with Crippen molar-refractivity contribution in [1.29, 1.82) is 0 Å². The van der Waals surface area contributed by atoms with Gasteiger partial charge in [-0.1, -0.05) is 29.8 Å². The van der Waals surface area contributed by atoms with Crippen LogP contribution in [0.2, 0.25) is 0 Å². The maximum Gasteiger partial charge on any atom is 0.137 e. The molecule has 100 valence electrons. The Bertz CT molecular complexity index is 607. The first-order valence-electron chi connectivity index (χ1n) is 7.09. The molecule has 0 radical (unpaired) electrons. The Morgan fingerprint density at radius 1 is 1.32 bits per heavy atom. The number of para-hydroxylation sites is 1. The molecule has 0 amide bonds. The SMILES string of the molecule is Cc1cccc2cc(C(O)CC3=CCCCC3)oc12. The predicted octanol–water partition coefficient (Wildman–Crippen LogP) is 4.67. The van der Waals surface area contributed by atoms with Crippen LogP contribution in [0.3, 0.4) is 0 Å². The zero-order valence-corrected chi connectivity index (χ0v) is 11.4. The lowest BCUT2D eigenvalue weighted by atomic mass is 9.94. The summed E-state index contributed by atoms with van der Waals surface area (Å²) >= 11 is 0. The number of fused-ring (bicyclic) bond motifs is 1. The Kier molecular flexibility index (Phi) is 3.43. The molecular weight excluding hydrogens is 236 g/mol. The highest BCUT2D eigenvalue weighted by atomic mass is 16.4. The van der Waals surface area contributed by atoms with Gasteiger partial charge in [0.15, 0.2) is 0 Å². The molecule has 19 heavy (non-hydrogen) atoms. The van der Waals surface area contributed by atoms with Crippen molar-refractivity contribution in [3.05, 3.63) is 47.2 Å². The van der Waals surface area contributed by atoms with Gasteiger partial charge in [0.05, 0.1) is 0 Å². The zero-order valence-electron chi connectivity index (χ0n) is 11.4. The van der Waals surface area contributed by atoms with Gasteiger partial charge in [0, 0.05) is 11.8 Å². The summed E-state index contributed by atoms with van der Waals surface area (Å²) in [5, 5.41) is 11.4. The number of hydrogen-bond donors (Lipinski definition) is 1. The van der Waals surface area contributed by atoms with Crippen molar-refractivity contribution in [2.75, 3.05) is 0 Å². The highest BCUT2D eigenvalue weighted by Gasteiger charge is 2.16. The van der Waals surface area contributed by atoms with Crippen molar-refractivity contribution in [3.8, 4) is 0 Å². The monoisotopic (exact) mass is 256 g/mol. The number of allylic oxidation sites excluding steroid dienone is 1. The molecule has 1 aliphatic rings. The molecule has 1 atom stereocenters. The Balaban J connectivity index is 1.83. The van der Waals surface area contributed by atoms with Gasteiger partial charge in [-0.3, -0.25) is 0 Å². The average Bonchev–Trinajstić information content (AvgIpc) is 2.85. The number of hydrogen-bond acceptors (Lipinski definition) is 2. The van der Waals surface area contributed by atoms with Gasteiger partial charge in [-0.25, -0.2) is 0 Å². The molecule has 1 aromatic heterocycles. The molecule has 2 heteroatoms. The van der Waals surface area contributed by atoms with E-state index < -0.39 is 6.10 Å². The van der Waals surface area contributed by atoms with E-state index in [1.165, 1.54) is 18.4 Å². The van der Waals surface area contributed by atoms with Crippen LogP contribution in [-0.2, 0) is 0 Å². The third-order valence-electron chi connectivity index (χ3n) is 3.93. The summed E-state index contributed by atoms with van der Waals surface area (Å²) < 4.78 is 5.82. The first-order chi connectivity index (χ1) is 9.24. The Morgan fingerprint density at radius 3 is 2.95 bits per heavy atom. The van der Waals surface area contributed by atoms with E-state index >= 15 is 0 Å². The van der Waals surface area contributed by atoms with Crippen molar-refractivity contribution in [2.45, 2.75) is 45.1 Å². The summed E-state index contributed by atoms with van der Waals surface area (Å²) in [5.74, 6) is 0.691. The largest absolute Gasteiger partial charge is 0.458 e. The fourth-order valence-electron chi connectivity index (χ4n) is 2.83. The highest BCUT2D eigenvalue weighted by Crippen LogP contribution is 2.31. The topological polar surface area (TPSA) is 33.4 Å². The molecule has 2 nitrogen and oxygen atoms in total. The first kappa shape index (κ1) is 12.5. The maximum atomic E-state index is 10.3. The van der Waals surface area contributed by atoms with E-state index in [0.29, 0.717) is 12.2 Å². The van der Waals surface area contributed by atoms with Gasteiger partial charge in [-0.05, 0) is 44.2 Å². The Morgan fingerprint density at radius 2 is 2.21 bits per heavy atom. The minimum Gasteiger partial charge on any atom is -0.458 e. The summed E-state index contributed by atoms with van der Waals surface area (Å²) in [6.07, 6.45) is 7.27. The van der Waals surface area contributed by atoms with Gasteiger partial charge in [-0.2, -0.15) is 0 Å². The average molecular weight is 256 g/mol. The zero-order chi connectivity index (χ0) is 13.2. The van der Waals surface area contributed by atoms with Crippen LogP contribution in [0.1, 0.15) is 49.5 Å². The number of furan rings is 1. The molecule has 3 rings (SSSR count). The van der Waals surface area contributed by atoms with Crippen LogP contribution in [-0.4, -0.2) is 5.11 Å². The number of aryl methyl sites for hydroxylation is 1. The van der Waals surface area contributed by atoms with Crippen molar-refractivity contribution >= 4 is 11.0 Å². The standard InChI is InChI=1S/C17H20O2/c1-12-6-5-9-14-11-16(19-17(12)14)15(18)10-13-7-3-2-4-8-13/h5-7,9,11,15,18H,2-4,8,10H2,1H3. The lowest BCUT2D eigenvalue weighted by Crippen LogP contribution is -2.00. The molecule has 0 saturated carbocycles. The van der Waals surface area contributed by atoms with Crippen LogP contribution < -0.4 is 0 Å². The lowest BCUT2D eigenvalue weighted by molar-refractivity contribution is 0.151. The van der Waals surface area contributed by atoms with E-state index in [0.717, 1.165) is 29.4 Å². The summed E-state index contributed by atoms with van der Waals surface area (Å²) in [6.45, 7) is 2.03. The second-order valence-electron chi connectivity index (χ2n) is 5.47. The second kappa shape index (κ2) is 5.22. The second-order valence-corrected chi connectivity index (χ2v) is 5.47. The van der Waals surface area contributed by atoms with E-state index in [9.17, 15) is 5.11 Å². The summed E-state index contributed by atoms with van der Waals surface area (Å²) in [6, 6.07) is 8.05. The van der Waals surface area contributed by atoms with E-state index in [-0.39, 0.29) is 0 Å². The van der Waals surface area contributed by atoms with Gasteiger partial charge in [-0.15, -0.1) is 0 Å². The van der Waals surface area contributed by atoms with Crippen molar-refractivity contribution in [3.63, 3.8) is 0 Å². The molecule has 0 bridgehead atoms. The van der Waals surface area contributed by atoms with E-state index in [1.807, 2.05) is 31.2 Å². The number of benzene rings is 1. The van der Waals surface area contributed by atoms with Gasteiger partial charge in [0.2, 0.25) is 0 Å². The van der Waals surface area contributed by atoms with Crippen LogP contribution in [0.25, 0.3) is 11.0 Å². The smallest absolute Gasteiger partial charge is 0.137 e. The summed E-state index contributed by atoms with van der Waals surface area (Å²) in [4.78, 5) is 0. The molecule has 1 aliphatic carbocycles. The highest BCUT2D eigenvalue weighted by molar-refractivity contribution is 5.80. The van der Waals surface area contributed by atoms with Gasteiger partial charge in [0.1, 0.15) is 17.4 Å². The maximum absolute atomic E-state index is 10.3. The quantitative estimate of drug-likeness (QED) is 0.810. The molecule has 1 heterocycles. The van der Waals surface area contributed by atoms with E-state index in [4.69, 9.17) is 4.42 Å². The van der Waals surface area contributed by atoms with Gasteiger partial charge < -0.3 is 9.52 Å². The molecule has 1 N–H and O–H groups in total. The van der Waals surface area contributed by atoms with E-state index in [2.05, 4.69) is 6.08 Å². The molecule has 0 fully saturated rings. The molecule has 2 aromatic rings. The molecule has 0 saturated heterocycles. The summed E-state index contributed by atoms with van der Waals surface area (Å²) in [7, 11) is 0. The third kappa shape index (κ3) is 2.59. The number of aliphatic hydroxyl groups is 1. The van der Waals surface area contributed by atoms with Crippen molar-refractivity contribution in [2.24, 2.45) is 0 Å². The minimum absolute atomic E-state index is 0.517. The van der Waals surface area contributed by atoms with Crippen molar-refractivity contribution < 1.29 is 9.52 Å². The third-order valence-corrected chi connectivity index (χ3v) is 3.93. The van der Waals surface area contributed by atoms with Crippen LogP contribution in [0.4, 0.5) is 0 Å². The number of rotatable bonds is 3. The van der Waals surface area contributed by atoms with Crippen LogP contribution in [0.15, 0.2) is 40.3 Å². The number of aliphatic hydroxyl groups excluding tert-OH is 1. The Labute approximate surface area is 113 Å². The van der Waals surface area contributed by atoms with Crippen LogP contribution in [0, 0.1) is 6.92 Å². The Hall–Kier alpha value is -1.54. The lowest BCUT2D eigenvalue weighted by Gasteiger charge is -2.15. The molecule has 0 aliphatic heterocycles. The molecule has 0 spiro atoms. The fraction of sp³-hybridized carbons (Fsp3) is 0.412. The normalized spacial score (nSPS) is 17.5. The molecule has 1 aromatic carbocycles. The predicted molar refractivity (Wildman–Crippen MR) is 77.1 cm³/mol. The van der Waals surface area contributed by atoms with Crippen LogP contribution >= 0.6 is 0 Å². The molecular formula is C17H20O2. The minimum atomic E-state index is -0.517. The first-order valence-corrected chi connectivity index (χ1v) is 7.09. The van der Waals surface area contributed by atoms with E-state index in [1.54, 1.807) is 0 Å². The van der Waals surface area contributed by atoms with Gasteiger partial charge >= 0.3 is 0 Å². The van der Waals surface area contributed by atoms with Gasteiger partial charge in [0.25, 0.3) is 0 Å². The van der Waals surface area contributed by atoms with Crippen molar-refractivity contribution in [1.82, 2.24) is 0 Å². The molecule has 1 unspecified atom stereocenters. The fourth-order valence-corrected chi connectivity index (χ4v) is 2.83.